The quantitative estimate of drug-likeness (QED) is 0.118. The van der Waals surface area contributed by atoms with Gasteiger partial charge >= 0.3 is 0 Å². The first-order valence-corrected chi connectivity index (χ1v) is 14.1. The molecule has 200 valence electrons. The van der Waals surface area contributed by atoms with Crippen LogP contribution in [0.25, 0.3) is 33.4 Å². The zero-order valence-electron chi connectivity index (χ0n) is 21.8. The summed E-state index contributed by atoms with van der Waals surface area (Å²) in [5, 5.41) is 25.1. The number of benzene rings is 2. The van der Waals surface area contributed by atoms with E-state index in [0.29, 0.717) is 24.4 Å². The Hall–Kier alpha value is -4.28. The number of nitrogens with zero attached hydrogens (tertiary/aromatic N) is 3. The van der Waals surface area contributed by atoms with Gasteiger partial charge in [0.25, 0.3) is 5.91 Å². The second kappa shape index (κ2) is 12.1. The van der Waals surface area contributed by atoms with Crippen molar-refractivity contribution in [2.75, 3.05) is 29.2 Å². The van der Waals surface area contributed by atoms with E-state index in [1.54, 1.807) is 18.0 Å². The number of thioether (sulfide) groups is 1. The molecule has 1 amide bonds. The maximum absolute atomic E-state index is 12.7. The van der Waals surface area contributed by atoms with Crippen LogP contribution in [0.2, 0.25) is 0 Å². The molecule has 5 N–H and O–H groups in total. The van der Waals surface area contributed by atoms with Crippen LogP contribution in [0.4, 0.5) is 11.4 Å². The number of fused-ring (bicyclic) bond motifs is 1. The van der Waals surface area contributed by atoms with E-state index in [9.17, 15) is 9.90 Å². The van der Waals surface area contributed by atoms with Gasteiger partial charge in [0.2, 0.25) is 6.35 Å². The van der Waals surface area contributed by atoms with Gasteiger partial charge in [-0.2, -0.15) is 16.9 Å². The topological polar surface area (TPSA) is 120 Å². The number of amides is 1. The zero-order valence-corrected chi connectivity index (χ0v) is 22.6. The van der Waals surface area contributed by atoms with Crippen molar-refractivity contribution in [3.05, 3.63) is 84.8 Å². The van der Waals surface area contributed by atoms with Gasteiger partial charge < -0.3 is 26.0 Å². The molecule has 0 aliphatic carbocycles. The number of hydrogen-bond acceptors (Lipinski definition) is 7. The first-order valence-electron chi connectivity index (χ1n) is 12.7. The van der Waals surface area contributed by atoms with Crippen LogP contribution in [0.15, 0.2) is 79.1 Å². The molecule has 0 saturated heterocycles. The van der Waals surface area contributed by atoms with Gasteiger partial charge in [0.05, 0.1) is 0 Å². The average molecular weight is 542 g/mol. The van der Waals surface area contributed by atoms with Gasteiger partial charge in [-0.05, 0) is 55.1 Å². The standard InChI is InChI=1S/C29H31N7O2S/c1-3-36-18-24(22-13-14-30-27-23(22)17-25(34-27)28(37)31-15-16-39-2)26(35-36)19-9-11-21(12-10-19)33-29(38)32-20-7-5-4-6-8-20/h4-14,17-18,29,32-33,38H,3,15-16H2,1-2H3,(H,30,34)(H,31,37). The molecule has 0 radical (unpaired) electrons. The number of pyridine rings is 1. The summed E-state index contributed by atoms with van der Waals surface area (Å²) in [4.78, 5) is 20.3. The Bertz CT molecular complexity index is 1550. The molecule has 1 unspecified atom stereocenters. The van der Waals surface area contributed by atoms with Crippen LogP contribution in [0.5, 0.6) is 0 Å². The van der Waals surface area contributed by atoms with Crippen molar-refractivity contribution >= 4 is 40.1 Å². The molecule has 10 heteroatoms. The molecule has 0 spiro atoms. The molecule has 9 nitrogen and oxygen atoms in total. The fourth-order valence-corrected chi connectivity index (χ4v) is 4.66. The van der Waals surface area contributed by atoms with Crippen molar-refractivity contribution in [3.63, 3.8) is 0 Å². The van der Waals surface area contributed by atoms with E-state index in [1.807, 2.05) is 90.8 Å². The molecule has 5 rings (SSSR count). The lowest BCUT2D eigenvalue weighted by Crippen LogP contribution is -2.27. The largest absolute Gasteiger partial charge is 0.357 e. The minimum Gasteiger partial charge on any atom is -0.357 e. The second-order valence-corrected chi connectivity index (χ2v) is 9.92. The minimum absolute atomic E-state index is 0.149. The van der Waals surface area contributed by atoms with Gasteiger partial charge in [0.1, 0.15) is 17.0 Å². The lowest BCUT2D eigenvalue weighted by atomic mass is 10.00. The van der Waals surface area contributed by atoms with Gasteiger partial charge in [0, 0.05) is 59.1 Å². The summed E-state index contributed by atoms with van der Waals surface area (Å²) in [5.74, 6) is 0.704. The second-order valence-electron chi connectivity index (χ2n) is 8.93. The third kappa shape index (κ3) is 6.08. The van der Waals surface area contributed by atoms with E-state index < -0.39 is 6.35 Å². The SMILES string of the molecule is CCn1cc(-c2ccnc3[nH]c(C(=O)NCCSC)cc23)c(-c2ccc(NC(O)Nc3ccccc3)cc2)n1. The molecular weight excluding hydrogens is 510 g/mol. The lowest BCUT2D eigenvalue weighted by molar-refractivity contribution is 0.0952. The summed E-state index contributed by atoms with van der Waals surface area (Å²) in [6.07, 6.45) is 4.83. The Morgan fingerprint density at radius 1 is 1.05 bits per heavy atom. The number of aromatic nitrogens is 4. The van der Waals surface area contributed by atoms with Gasteiger partial charge in [-0.3, -0.25) is 9.48 Å². The number of aryl methyl sites for hydroxylation is 1. The van der Waals surface area contributed by atoms with Crippen molar-refractivity contribution < 1.29 is 9.90 Å². The highest BCUT2D eigenvalue weighted by Crippen LogP contribution is 2.35. The molecule has 5 aromatic rings. The molecule has 3 aromatic heterocycles. The molecule has 39 heavy (non-hydrogen) atoms. The average Bonchev–Trinajstić information content (AvgIpc) is 3.59. The molecule has 0 aliphatic heterocycles. The van der Waals surface area contributed by atoms with Crippen molar-refractivity contribution in [2.45, 2.75) is 19.8 Å². The smallest absolute Gasteiger partial charge is 0.267 e. The van der Waals surface area contributed by atoms with E-state index in [1.165, 1.54) is 0 Å². The van der Waals surface area contributed by atoms with E-state index >= 15 is 0 Å². The summed E-state index contributed by atoms with van der Waals surface area (Å²) >= 11 is 1.69. The van der Waals surface area contributed by atoms with E-state index in [2.05, 4.69) is 25.9 Å². The van der Waals surface area contributed by atoms with Gasteiger partial charge in [-0.15, -0.1) is 0 Å². The fraction of sp³-hybridized carbons (Fsp3) is 0.207. The Kier molecular flexibility index (Phi) is 8.14. The van der Waals surface area contributed by atoms with E-state index in [4.69, 9.17) is 5.10 Å². The number of anilines is 2. The maximum atomic E-state index is 12.7. The van der Waals surface area contributed by atoms with Crippen LogP contribution in [0.3, 0.4) is 0 Å². The van der Waals surface area contributed by atoms with Crippen LogP contribution < -0.4 is 16.0 Å². The van der Waals surface area contributed by atoms with Crippen molar-refractivity contribution in [2.24, 2.45) is 0 Å². The number of rotatable bonds is 11. The van der Waals surface area contributed by atoms with E-state index in [0.717, 1.165) is 44.9 Å². The number of nitrogens with one attached hydrogen (secondary N) is 4. The Balaban J connectivity index is 1.41. The molecular formula is C29H31N7O2S. The first kappa shape index (κ1) is 26.3. The van der Waals surface area contributed by atoms with E-state index in [-0.39, 0.29) is 5.91 Å². The van der Waals surface area contributed by atoms with Crippen molar-refractivity contribution in [3.8, 4) is 22.4 Å². The number of aromatic amines is 1. The Morgan fingerprint density at radius 3 is 2.51 bits per heavy atom. The molecule has 3 heterocycles. The fourth-order valence-electron chi connectivity index (χ4n) is 4.35. The monoisotopic (exact) mass is 541 g/mol. The van der Waals surface area contributed by atoms with Gasteiger partial charge in [0.15, 0.2) is 0 Å². The zero-order chi connectivity index (χ0) is 27.2. The normalized spacial score (nSPS) is 11.9. The number of aliphatic hydroxyl groups is 1. The van der Waals surface area contributed by atoms with Crippen LogP contribution in [-0.4, -0.2) is 55.7 Å². The predicted molar refractivity (Wildman–Crippen MR) is 159 cm³/mol. The predicted octanol–water partition coefficient (Wildman–Crippen LogP) is 5.01. The van der Waals surface area contributed by atoms with Crippen LogP contribution >= 0.6 is 11.8 Å². The minimum atomic E-state index is -0.945. The number of carbonyl (C=O) groups is 1. The first-order chi connectivity index (χ1) is 19.1. The summed E-state index contributed by atoms with van der Waals surface area (Å²) in [6, 6.07) is 21.1. The number of para-hydroxylation sites is 1. The molecule has 2 aromatic carbocycles. The molecule has 0 bridgehead atoms. The molecule has 0 saturated carbocycles. The molecule has 0 aliphatic rings. The highest BCUT2D eigenvalue weighted by Gasteiger charge is 2.18. The van der Waals surface area contributed by atoms with Crippen molar-refractivity contribution in [1.29, 1.82) is 0 Å². The summed E-state index contributed by atoms with van der Waals surface area (Å²) in [7, 11) is 0. The third-order valence-electron chi connectivity index (χ3n) is 6.28. The summed E-state index contributed by atoms with van der Waals surface area (Å²) in [6.45, 7) is 3.37. The number of H-pyrrole nitrogens is 1. The van der Waals surface area contributed by atoms with Gasteiger partial charge in [-0.25, -0.2) is 4.98 Å². The van der Waals surface area contributed by atoms with Crippen molar-refractivity contribution in [1.82, 2.24) is 25.1 Å². The van der Waals surface area contributed by atoms with Crippen LogP contribution in [0.1, 0.15) is 17.4 Å². The molecule has 1 atom stereocenters. The number of aliphatic hydroxyl groups excluding tert-OH is 1. The Morgan fingerprint density at radius 2 is 1.79 bits per heavy atom. The highest BCUT2D eigenvalue weighted by atomic mass is 32.2. The molecule has 0 fully saturated rings. The highest BCUT2D eigenvalue weighted by molar-refractivity contribution is 7.98. The number of carbonyl (C=O) groups excluding carboxylic acids is 1. The van der Waals surface area contributed by atoms with Crippen LogP contribution in [-0.2, 0) is 6.54 Å². The van der Waals surface area contributed by atoms with Crippen LogP contribution in [0, 0.1) is 0 Å². The third-order valence-corrected chi connectivity index (χ3v) is 6.90. The van der Waals surface area contributed by atoms with Gasteiger partial charge in [-0.1, -0.05) is 30.3 Å². The Labute approximate surface area is 231 Å². The lowest BCUT2D eigenvalue weighted by Gasteiger charge is -2.17. The summed E-state index contributed by atoms with van der Waals surface area (Å²) < 4.78 is 1.90. The summed E-state index contributed by atoms with van der Waals surface area (Å²) in [5.41, 5.74) is 6.36. The number of hydrogen-bond donors (Lipinski definition) is 5. The maximum Gasteiger partial charge on any atom is 0.267 e.